The largest absolute Gasteiger partial charge is 0.508 e. The normalized spacial score (nSPS) is 9.44. The molecule has 0 amide bonds. The van der Waals surface area contributed by atoms with Crippen molar-refractivity contribution in [3.63, 3.8) is 0 Å². The molecule has 1 rings (SSSR count). The minimum atomic E-state index is 0.132. The highest BCUT2D eigenvalue weighted by molar-refractivity contribution is 9.10. The lowest BCUT2D eigenvalue weighted by Gasteiger charge is -1.94. The van der Waals surface area contributed by atoms with Crippen LogP contribution in [0.15, 0.2) is 22.7 Å². The summed E-state index contributed by atoms with van der Waals surface area (Å²) in [5.74, 6) is 0.271. The maximum atomic E-state index is 8.89. The third-order valence-corrected chi connectivity index (χ3v) is 1.57. The van der Waals surface area contributed by atoms with Crippen LogP contribution in [0, 0.1) is 0 Å². The van der Waals surface area contributed by atoms with Gasteiger partial charge in [-0.05, 0) is 34.1 Å². The summed E-state index contributed by atoms with van der Waals surface area (Å²) >= 11 is 3.04. The van der Waals surface area contributed by atoms with Crippen molar-refractivity contribution in [2.75, 3.05) is 0 Å². The molecule has 0 spiro atoms. The summed E-state index contributed by atoms with van der Waals surface area (Å²) in [7, 11) is 0. The van der Waals surface area contributed by atoms with E-state index in [1.807, 2.05) is 0 Å². The maximum absolute atomic E-state index is 8.89. The summed E-state index contributed by atoms with van der Waals surface area (Å²) in [6.07, 6.45) is 0. The third-order valence-electron chi connectivity index (χ3n) is 0.931. The molecule has 0 radical (unpaired) electrons. The Morgan fingerprint density at radius 1 is 1.22 bits per heavy atom. The van der Waals surface area contributed by atoms with E-state index in [0.29, 0.717) is 4.47 Å². The van der Waals surface area contributed by atoms with Crippen molar-refractivity contribution in [1.82, 2.24) is 0 Å². The number of rotatable bonds is 0. The van der Waals surface area contributed by atoms with Crippen molar-refractivity contribution < 1.29 is 10.2 Å². The predicted octanol–water partition coefficient (Wildman–Crippen LogP) is 1.86. The molecule has 2 nitrogen and oxygen atoms in total. The zero-order chi connectivity index (χ0) is 6.85. The van der Waals surface area contributed by atoms with Crippen LogP contribution in [0.25, 0.3) is 0 Å². The first kappa shape index (κ1) is 6.42. The van der Waals surface area contributed by atoms with Gasteiger partial charge in [-0.3, -0.25) is 0 Å². The Labute approximate surface area is 60.9 Å². The Bertz CT molecular complexity index is 222. The van der Waals surface area contributed by atoms with E-state index in [1.54, 1.807) is 0 Å². The van der Waals surface area contributed by atoms with E-state index in [2.05, 4.69) is 15.9 Å². The summed E-state index contributed by atoms with van der Waals surface area (Å²) < 4.78 is 0.502. The van der Waals surface area contributed by atoms with Crippen LogP contribution in [0.3, 0.4) is 0 Å². The van der Waals surface area contributed by atoms with Crippen molar-refractivity contribution in [1.29, 1.82) is 0 Å². The Morgan fingerprint density at radius 2 is 1.89 bits per heavy atom. The molecule has 0 heterocycles. The van der Waals surface area contributed by atoms with Gasteiger partial charge in [-0.15, -0.1) is 0 Å². The topological polar surface area (TPSA) is 40.5 Å². The van der Waals surface area contributed by atoms with Gasteiger partial charge in [-0.2, -0.15) is 0 Å². The summed E-state index contributed by atoms with van der Waals surface area (Å²) in [6, 6.07) is 4.26. The van der Waals surface area contributed by atoms with Crippen molar-refractivity contribution in [3.05, 3.63) is 22.7 Å². The monoisotopic (exact) mass is 188 g/mol. The van der Waals surface area contributed by atoms with Crippen molar-refractivity contribution in [2.45, 2.75) is 0 Å². The van der Waals surface area contributed by atoms with Crippen LogP contribution < -0.4 is 0 Å². The Hall–Kier alpha value is -0.700. The lowest BCUT2D eigenvalue weighted by atomic mass is 10.3. The first-order valence-electron chi connectivity index (χ1n) is 2.37. The van der Waals surface area contributed by atoms with Crippen LogP contribution >= 0.6 is 15.9 Å². The van der Waals surface area contributed by atoms with E-state index in [9.17, 15) is 0 Å². The van der Waals surface area contributed by atoms with Gasteiger partial charge >= 0.3 is 0 Å². The lowest BCUT2D eigenvalue weighted by molar-refractivity contribution is 0.457. The van der Waals surface area contributed by atoms with Crippen LogP contribution in [0.2, 0.25) is 0 Å². The minimum Gasteiger partial charge on any atom is -0.508 e. The highest BCUT2D eigenvalue weighted by Gasteiger charge is 1.95. The molecule has 0 aliphatic heterocycles. The van der Waals surface area contributed by atoms with Gasteiger partial charge in [-0.25, -0.2) is 0 Å². The van der Waals surface area contributed by atoms with Gasteiger partial charge < -0.3 is 10.2 Å². The number of hydrogen-bond donors (Lipinski definition) is 2. The van der Waals surface area contributed by atoms with E-state index >= 15 is 0 Å². The summed E-state index contributed by atoms with van der Waals surface area (Å²) in [6.45, 7) is 0. The fourth-order valence-electron chi connectivity index (χ4n) is 0.496. The quantitative estimate of drug-likeness (QED) is 0.611. The summed E-state index contributed by atoms with van der Waals surface area (Å²) in [5, 5.41) is 17.7. The molecule has 48 valence electrons. The van der Waals surface area contributed by atoms with E-state index in [1.165, 1.54) is 18.2 Å². The zero-order valence-electron chi connectivity index (χ0n) is 4.50. The summed E-state index contributed by atoms with van der Waals surface area (Å²) in [4.78, 5) is 0. The van der Waals surface area contributed by atoms with Crippen molar-refractivity contribution in [3.8, 4) is 11.5 Å². The van der Waals surface area contributed by atoms with Crippen LogP contribution in [0.4, 0.5) is 0 Å². The van der Waals surface area contributed by atoms with Crippen molar-refractivity contribution >= 4 is 15.9 Å². The molecule has 3 heteroatoms. The minimum absolute atomic E-state index is 0.132. The first-order valence-corrected chi connectivity index (χ1v) is 3.17. The molecule has 0 bridgehead atoms. The van der Waals surface area contributed by atoms with Crippen molar-refractivity contribution in [2.24, 2.45) is 0 Å². The lowest BCUT2D eigenvalue weighted by Crippen LogP contribution is -1.66. The Morgan fingerprint density at radius 3 is 2.33 bits per heavy atom. The van der Waals surface area contributed by atoms with Gasteiger partial charge in [0.25, 0.3) is 0 Å². The third kappa shape index (κ3) is 1.36. The molecular formula is C6H5BrO2. The highest BCUT2D eigenvalue weighted by Crippen LogP contribution is 2.26. The van der Waals surface area contributed by atoms with Gasteiger partial charge in [0.2, 0.25) is 0 Å². The number of benzene rings is 1. The second-order valence-corrected chi connectivity index (χ2v) is 2.49. The number of phenols is 2. The molecule has 1 aromatic rings. The molecule has 0 fully saturated rings. The standard InChI is InChI=1S/C6H5BrO2/c7-5-3-4(8)1-2-6(5)9/h1-3,8-9H. The molecular weight excluding hydrogens is 184 g/mol. The van der Waals surface area contributed by atoms with Crippen LogP contribution in [-0.4, -0.2) is 10.2 Å². The van der Waals surface area contributed by atoms with Gasteiger partial charge in [-0.1, -0.05) is 0 Å². The van der Waals surface area contributed by atoms with Gasteiger partial charge in [0.1, 0.15) is 11.5 Å². The molecule has 1 aromatic carbocycles. The van der Waals surface area contributed by atoms with E-state index in [0.717, 1.165) is 0 Å². The first-order chi connectivity index (χ1) is 4.20. The fourth-order valence-corrected chi connectivity index (χ4v) is 0.863. The molecule has 0 saturated heterocycles. The molecule has 0 aliphatic carbocycles. The van der Waals surface area contributed by atoms with E-state index in [-0.39, 0.29) is 11.5 Å². The smallest absolute Gasteiger partial charge is 0.130 e. The number of halogens is 1. The highest BCUT2D eigenvalue weighted by atomic mass is 79.9. The number of phenolic OH excluding ortho intramolecular Hbond substituents is 2. The van der Waals surface area contributed by atoms with Gasteiger partial charge in [0.15, 0.2) is 0 Å². The van der Waals surface area contributed by atoms with E-state index < -0.39 is 0 Å². The Balaban J connectivity index is 3.17. The molecule has 0 saturated carbocycles. The molecule has 0 aliphatic rings. The van der Waals surface area contributed by atoms with Crippen LogP contribution in [0.1, 0.15) is 0 Å². The van der Waals surface area contributed by atoms with E-state index in [4.69, 9.17) is 10.2 Å². The SMILES string of the molecule is Oc1ccc(O)c(Br)c1. The van der Waals surface area contributed by atoms with Gasteiger partial charge in [0, 0.05) is 0 Å². The molecule has 9 heavy (non-hydrogen) atoms. The fraction of sp³-hybridized carbons (Fsp3) is 0. The second kappa shape index (κ2) is 2.27. The zero-order valence-corrected chi connectivity index (χ0v) is 6.09. The molecule has 2 N–H and O–H groups in total. The Kier molecular flexibility index (Phi) is 1.62. The van der Waals surface area contributed by atoms with Crippen LogP contribution in [0.5, 0.6) is 11.5 Å². The second-order valence-electron chi connectivity index (χ2n) is 1.64. The number of aromatic hydroxyl groups is 2. The summed E-state index contributed by atoms with van der Waals surface area (Å²) in [5.41, 5.74) is 0. The average Bonchev–Trinajstić information content (AvgIpc) is 1.80. The average molecular weight is 189 g/mol. The predicted molar refractivity (Wildman–Crippen MR) is 37.5 cm³/mol. The molecule has 0 atom stereocenters. The number of hydrogen-bond acceptors (Lipinski definition) is 2. The molecule has 0 unspecified atom stereocenters. The van der Waals surface area contributed by atoms with Crippen LogP contribution in [-0.2, 0) is 0 Å². The molecule has 0 aromatic heterocycles. The van der Waals surface area contributed by atoms with Gasteiger partial charge in [0.05, 0.1) is 4.47 Å². The maximum Gasteiger partial charge on any atom is 0.130 e.